The standard InChI is InChI=1S/C31H35N7O6/c1-42-25-14-22(15-26(43-2)28(25)44-3)37-16-27(32-18-37)34-30-33-24-13-20(19-8-11-36(12-9-19)31(40)41)6-7-23(24)29(35-30)38-10-4-5-21(38)17-39/h6-8,13-16,18,21,39H,4-5,9-12,17H2,1-3H3,(H,40,41)(H,33,34,35)/t21-/m0/s1. The van der Waals surface area contributed by atoms with Crippen molar-refractivity contribution in [3.8, 4) is 22.9 Å². The molecule has 1 saturated heterocycles. The van der Waals surface area contributed by atoms with Crippen LogP contribution in [-0.4, -0.2) is 94.3 Å². The Labute approximate surface area is 254 Å². The first-order valence-electron chi connectivity index (χ1n) is 14.4. The summed E-state index contributed by atoms with van der Waals surface area (Å²) in [6.45, 7) is 1.62. The van der Waals surface area contributed by atoms with E-state index < -0.39 is 6.09 Å². The van der Waals surface area contributed by atoms with Gasteiger partial charge in [0.05, 0.1) is 51.4 Å². The Kier molecular flexibility index (Phi) is 8.11. The molecule has 0 radical (unpaired) electrons. The van der Waals surface area contributed by atoms with Crippen molar-refractivity contribution >= 4 is 40.2 Å². The van der Waals surface area contributed by atoms with Crippen LogP contribution in [0, 0.1) is 0 Å². The molecule has 2 aromatic carbocycles. The van der Waals surface area contributed by atoms with Gasteiger partial charge in [0.15, 0.2) is 17.3 Å². The molecular weight excluding hydrogens is 566 g/mol. The van der Waals surface area contributed by atoms with Crippen molar-refractivity contribution in [3.63, 3.8) is 0 Å². The number of methoxy groups -OCH3 is 3. The van der Waals surface area contributed by atoms with Gasteiger partial charge in [-0.2, -0.15) is 4.98 Å². The number of imidazole rings is 1. The fourth-order valence-electron chi connectivity index (χ4n) is 5.86. The minimum atomic E-state index is -0.913. The van der Waals surface area contributed by atoms with Gasteiger partial charge in [-0.3, -0.25) is 0 Å². The second-order valence-electron chi connectivity index (χ2n) is 10.7. The highest BCUT2D eigenvalue weighted by atomic mass is 16.5. The molecule has 13 nitrogen and oxygen atoms in total. The number of hydrogen-bond donors (Lipinski definition) is 3. The summed E-state index contributed by atoms with van der Waals surface area (Å²) in [6, 6.07) is 9.71. The first-order chi connectivity index (χ1) is 21.4. The smallest absolute Gasteiger partial charge is 0.407 e. The number of rotatable bonds is 9. The number of ether oxygens (including phenoxy) is 3. The summed E-state index contributed by atoms with van der Waals surface area (Å²) in [4.78, 5) is 29.2. The lowest BCUT2D eigenvalue weighted by Crippen LogP contribution is -2.33. The number of anilines is 3. The van der Waals surface area contributed by atoms with Gasteiger partial charge in [0, 0.05) is 37.2 Å². The van der Waals surface area contributed by atoms with Crippen molar-refractivity contribution in [1.29, 1.82) is 0 Å². The van der Waals surface area contributed by atoms with E-state index in [0.717, 1.165) is 52.9 Å². The van der Waals surface area contributed by atoms with E-state index in [-0.39, 0.29) is 12.6 Å². The van der Waals surface area contributed by atoms with Gasteiger partial charge in [-0.15, -0.1) is 0 Å². The van der Waals surface area contributed by atoms with Crippen LogP contribution in [0.4, 0.5) is 22.4 Å². The largest absolute Gasteiger partial charge is 0.493 e. The fourth-order valence-corrected chi connectivity index (χ4v) is 5.86. The molecule has 3 N–H and O–H groups in total. The van der Waals surface area contributed by atoms with E-state index in [4.69, 9.17) is 24.2 Å². The molecule has 4 aromatic rings. The van der Waals surface area contributed by atoms with E-state index in [2.05, 4.69) is 15.2 Å². The topological polar surface area (TPSA) is 147 Å². The third-order valence-corrected chi connectivity index (χ3v) is 8.16. The molecule has 230 valence electrons. The Morgan fingerprint density at radius 3 is 2.52 bits per heavy atom. The molecule has 6 rings (SSSR count). The quantitative estimate of drug-likeness (QED) is 0.252. The van der Waals surface area contributed by atoms with Crippen LogP contribution in [0.2, 0.25) is 0 Å². The van der Waals surface area contributed by atoms with Gasteiger partial charge in [-0.1, -0.05) is 12.1 Å². The minimum Gasteiger partial charge on any atom is -0.493 e. The van der Waals surface area contributed by atoms with Crippen LogP contribution in [0.5, 0.6) is 17.2 Å². The maximum absolute atomic E-state index is 11.4. The molecule has 1 fully saturated rings. The van der Waals surface area contributed by atoms with Crippen LogP contribution in [-0.2, 0) is 0 Å². The number of nitrogens with one attached hydrogen (secondary N) is 1. The van der Waals surface area contributed by atoms with E-state index in [0.29, 0.717) is 48.5 Å². The summed E-state index contributed by atoms with van der Waals surface area (Å²) >= 11 is 0. The van der Waals surface area contributed by atoms with Gasteiger partial charge in [0.2, 0.25) is 11.7 Å². The summed E-state index contributed by atoms with van der Waals surface area (Å²) in [6.07, 6.45) is 7.00. The number of carbonyl (C=O) groups is 1. The second-order valence-corrected chi connectivity index (χ2v) is 10.7. The van der Waals surface area contributed by atoms with E-state index in [1.165, 1.54) is 4.90 Å². The number of hydrogen-bond acceptors (Lipinski definition) is 10. The zero-order chi connectivity index (χ0) is 30.8. The number of fused-ring (bicyclic) bond motifs is 1. The van der Waals surface area contributed by atoms with Crippen LogP contribution in [0.1, 0.15) is 24.8 Å². The van der Waals surface area contributed by atoms with Crippen LogP contribution in [0.3, 0.4) is 0 Å². The van der Waals surface area contributed by atoms with Crippen LogP contribution in [0.25, 0.3) is 22.2 Å². The molecule has 1 atom stereocenters. The van der Waals surface area contributed by atoms with Crippen molar-refractivity contribution in [3.05, 3.63) is 54.5 Å². The lowest BCUT2D eigenvalue weighted by atomic mass is 9.98. The SMILES string of the molecule is COc1cc(-n2cnc(Nc3nc(N4CCC[C@H]4CO)c4ccc(C5=CCN(C(=O)O)CC5)cc4n3)c2)cc(OC)c1OC. The van der Waals surface area contributed by atoms with Gasteiger partial charge in [-0.25, -0.2) is 14.8 Å². The van der Waals surface area contributed by atoms with E-state index in [9.17, 15) is 15.0 Å². The van der Waals surface area contributed by atoms with Gasteiger partial charge in [0.25, 0.3) is 0 Å². The maximum Gasteiger partial charge on any atom is 0.407 e. The fraction of sp³-hybridized carbons (Fsp3) is 0.355. The van der Waals surface area contributed by atoms with Gasteiger partial charge >= 0.3 is 6.09 Å². The number of aromatic nitrogens is 4. The Morgan fingerprint density at radius 1 is 1.07 bits per heavy atom. The second kappa shape index (κ2) is 12.3. The van der Waals surface area contributed by atoms with Crippen molar-refractivity contribution in [2.75, 3.05) is 57.8 Å². The Bertz CT molecular complexity index is 1700. The molecule has 0 saturated carbocycles. The number of benzene rings is 2. The van der Waals surface area contributed by atoms with E-state index in [1.54, 1.807) is 27.7 Å². The molecule has 0 unspecified atom stereocenters. The number of amides is 1. The van der Waals surface area contributed by atoms with Crippen molar-refractivity contribution in [2.45, 2.75) is 25.3 Å². The molecule has 2 aliphatic rings. The third kappa shape index (κ3) is 5.53. The summed E-state index contributed by atoms with van der Waals surface area (Å²) < 4.78 is 18.3. The van der Waals surface area contributed by atoms with Crippen LogP contribution in [0.15, 0.2) is 48.9 Å². The molecular formula is C31H35N7O6. The third-order valence-electron chi connectivity index (χ3n) is 8.16. The van der Waals surface area contributed by atoms with E-state index >= 15 is 0 Å². The zero-order valence-electron chi connectivity index (χ0n) is 24.9. The zero-order valence-corrected chi connectivity index (χ0v) is 24.9. The molecule has 2 aromatic heterocycles. The lowest BCUT2D eigenvalue weighted by molar-refractivity contribution is 0.150. The highest BCUT2D eigenvalue weighted by molar-refractivity contribution is 5.93. The lowest BCUT2D eigenvalue weighted by Gasteiger charge is -2.26. The molecule has 0 bridgehead atoms. The molecule has 13 heteroatoms. The summed E-state index contributed by atoms with van der Waals surface area (Å²) in [5, 5.41) is 23.5. The number of aliphatic hydroxyl groups is 1. The average Bonchev–Trinajstić information content (AvgIpc) is 3.73. The molecule has 0 aliphatic carbocycles. The minimum absolute atomic E-state index is 0.0251. The molecule has 1 amide bonds. The summed E-state index contributed by atoms with van der Waals surface area (Å²) in [5.41, 5.74) is 3.57. The van der Waals surface area contributed by atoms with Crippen molar-refractivity contribution in [1.82, 2.24) is 24.4 Å². The van der Waals surface area contributed by atoms with E-state index in [1.807, 2.05) is 47.2 Å². The average molecular weight is 602 g/mol. The first-order valence-corrected chi connectivity index (χ1v) is 14.4. The predicted molar refractivity (Wildman–Crippen MR) is 166 cm³/mol. The molecule has 2 aliphatic heterocycles. The van der Waals surface area contributed by atoms with Gasteiger partial charge < -0.3 is 44.1 Å². The Hall–Kier alpha value is -5.04. The van der Waals surface area contributed by atoms with Gasteiger partial charge in [-0.05, 0) is 42.5 Å². The molecule has 44 heavy (non-hydrogen) atoms. The molecule has 4 heterocycles. The molecule has 0 spiro atoms. The Balaban J connectivity index is 1.36. The Morgan fingerprint density at radius 2 is 1.86 bits per heavy atom. The number of nitrogens with zero attached hydrogens (tertiary/aromatic N) is 6. The number of aliphatic hydroxyl groups excluding tert-OH is 1. The monoisotopic (exact) mass is 601 g/mol. The number of carboxylic acid groups (broad SMARTS) is 1. The summed E-state index contributed by atoms with van der Waals surface area (Å²) in [7, 11) is 4.70. The normalized spacial score (nSPS) is 16.6. The first kappa shape index (κ1) is 29.1. The maximum atomic E-state index is 11.4. The predicted octanol–water partition coefficient (Wildman–Crippen LogP) is 4.31. The highest BCUT2D eigenvalue weighted by Gasteiger charge is 2.28. The van der Waals surface area contributed by atoms with Gasteiger partial charge in [0.1, 0.15) is 12.1 Å². The highest BCUT2D eigenvalue weighted by Crippen LogP contribution is 2.39. The van der Waals surface area contributed by atoms with Crippen molar-refractivity contribution in [2.24, 2.45) is 0 Å². The van der Waals surface area contributed by atoms with Crippen LogP contribution >= 0.6 is 0 Å². The van der Waals surface area contributed by atoms with Crippen molar-refractivity contribution < 1.29 is 29.2 Å². The van der Waals surface area contributed by atoms with Crippen LogP contribution < -0.4 is 24.4 Å². The summed E-state index contributed by atoms with van der Waals surface area (Å²) in [5.74, 6) is 3.20.